The van der Waals surface area contributed by atoms with Gasteiger partial charge in [0.2, 0.25) is 11.8 Å². The third kappa shape index (κ3) is 4.22. The largest absolute Gasteiger partial charge is 0.492 e. The second kappa shape index (κ2) is 9.23. The Morgan fingerprint density at radius 2 is 1.84 bits per heavy atom. The van der Waals surface area contributed by atoms with Gasteiger partial charge in [0, 0.05) is 25.2 Å². The van der Waals surface area contributed by atoms with Crippen molar-refractivity contribution >= 4 is 37.3 Å². The molecule has 2 heterocycles. The molecule has 2 aliphatic heterocycles. The maximum atomic E-state index is 13.1. The van der Waals surface area contributed by atoms with E-state index in [-0.39, 0.29) is 24.0 Å². The third-order valence-electron chi connectivity index (χ3n) is 5.46. The second-order valence-corrected chi connectivity index (χ2v) is 7.62. The summed E-state index contributed by atoms with van der Waals surface area (Å²) in [5.74, 6) is -1.36. The summed E-state index contributed by atoms with van der Waals surface area (Å²) in [6.07, 6.45) is 0.210. The number of hydrogen-bond donors (Lipinski definition) is 3. The monoisotopic (exact) mass is 434 g/mol. The first-order valence-corrected chi connectivity index (χ1v) is 10.4. The lowest BCUT2D eigenvalue weighted by Gasteiger charge is -2.27. The molecule has 164 valence electrons. The van der Waals surface area contributed by atoms with E-state index in [9.17, 15) is 19.2 Å². The summed E-state index contributed by atoms with van der Waals surface area (Å²) in [6.45, 7) is 1.55. The predicted molar refractivity (Wildman–Crippen MR) is 119 cm³/mol. The Morgan fingerprint density at radius 1 is 1.06 bits per heavy atom. The van der Waals surface area contributed by atoms with Crippen molar-refractivity contribution < 1.29 is 23.9 Å². The number of carbonyl (C=O) groups excluding carboxylic acids is 4. The molecule has 4 rings (SSSR count). The minimum Gasteiger partial charge on any atom is -0.492 e. The highest BCUT2D eigenvalue weighted by Gasteiger charge is 2.45. The summed E-state index contributed by atoms with van der Waals surface area (Å²) >= 11 is 0. The van der Waals surface area contributed by atoms with Gasteiger partial charge < -0.3 is 15.3 Å². The molecule has 2 aliphatic rings. The summed E-state index contributed by atoms with van der Waals surface area (Å²) in [4.78, 5) is 50.5. The van der Waals surface area contributed by atoms with Crippen molar-refractivity contribution in [2.75, 3.05) is 18.5 Å². The minimum atomic E-state index is -0.984. The predicted octanol–water partition coefficient (Wildman–Crippen LogP) is 0.216. The maximum absolute atomic E-state index is 13.1. The standard InChI is InChI=1S/C22H23BN4O5/c23-25-12-13-4-6-14(7-5-13)32-11-10-24-16-3-1-2-15-19(16)22(31)27(21(15)30)17-8-9-18(28)26-20(17)29/h1-7,17,24-25H,8-12,23H2,(H,26,28,29). The Kier molecular flexibility index (Phi) is 6.22. The van der Waals surface area contributed by atoms with Gasteiger partial charge >= 0.3 is 0 Å². The molecular formula is C22H23BN4O5. The SMILES string of the molecule is BNCc1ccc(OCCNc2cccc3c2C(=O)N(C2CCC(=O)NC2=O)C3=O)cc1. The number of anilines is 1. The zero-order chi connectivity index (χ0) is 22.7. The molecule has 4 amide bonds. The van der Waals surface area contributed by atoms with Gasteiger partial charge in [-0.25, -0.2) is 0 Å². The van der Waals surface area contributed by atoms with Gasteiger partial charge in [-0.1, -0.05) is 18.2 Å². The van der Waals surface area contributed by atoms with Crippen molar-refractivity contribution in [2.45, 2.75) is 25.4 Å². The van der Waals surface area contributed by atoms with Crippen molar-refractivity contribution in [1.82, 2.24) is 15.4 Å². The Morgan fingerprint density at radius 3 is 2.56 bits per heavy atom. The summed E-state index contributed by atoms with van der Waals surface area (Å²) in [5, 5.41) is 8.43. The van der Waals surface area contributed by atoms with Gasteiger partial charge in [-0.05, 0) is 36.2 Å². The van der Waals surface area contributed by atoms with E-state index in [1.54, 1.807) is 18.2 Å². The molecule has 0 radical (unpaired) electrons. The van der Waals surface area contributed by atoms with E-state index in [0.29, 0.717) is 18.8 Å². The average Bonchev–Trinajstić information content (AvgIpc) is 3.04. The lowest BCUT2D eigenvalue weighted by molar-refractivity contribution is -0.136. The highest BCUT2D eigenvalue weighted by molar-refractivity contribution is 6.25. The number of amides is 4. The number of ether oxygens (including phenoxy) is 1. The average molecular weight is 434 g/mol. The lowest BCUT2D eigenvalue weighted by atomic mass is 10.0. The highest BCUT2D eigenvalue weighted by atomic mass is 16.5. The van der Waals surface area contributed by atoms with Crippen molar-refractivity contribution in [3.63, 3.8) is 0 Å². The molecule has 32 heavy (non-hydrogen) atoms. The Balaban J connectivity index is 1.40. The number of benzene rings is 2. The molecule has 2 aromatic carbocycles. The van der Waals surface area contributed by atoms with Crippen LogP contribution in [0.5, 0.6) is 5.75 Å². The molecule has 1 unspecified atom stereocenters. The van der Waals surface area contributed by atoms with Crippen molar-refractivity contribution in [3.8, 4) is 5.75 Å². The zero-order valence-corrected chi connectivity index (χ0v) is 17.6. The number of nitrogens with zero attached hydrogens (tertiary/aromatic N) is 1. The van der Waals surface area contributed by atoms with Crippen LogP contribution < -0.4 is 20.6 Å². The van der Waals surface area contributed by atoms with Gasteiger partial charge in [0.05, 0.1) is 11.1 Å². The van der Waals surface area contributed by atoms with Crippen LogP contribution in [0.1, 0.15) is 39.1 Å². The van der Waals surface area contributed by atoms with E-state index >= 15 is 0 Å². The minimum absolute atomic E-state index is 0.0855. The molecule has 1 saturated heterocycles. The van der Waals surface area contributed by atoms with Gasteiger partial charge in [0.1, 0.15) is 18.4 Å². The topological polar surface area (TPSA) is 117 Å². The molecule has 1 fully saturated rings. The van der Waals surface area contributed by atoms with E-state index < -0.39 is 29.7 Å². The lowest BCUT2D eigenvalue weighted by Crippen LogP contribution is -2.54. The van der Waals surface area contributed by atoms with Crippen LogP contribution in [0.15, 0.2) is 42.5 Å². The fourth-order valence-electron chi connectivity index (χ4n) is 3.92. The summed E-state index contributed by atoms with van der Waals surface area (Å²) < 4.78 is 5.74. The number of carbonyl (C=O) groups is 4. The number of piperidine rings is 1. The molecule has 10 heteroatoms. The van der Waals surface area contributed by atoms with Crippen LogP contribution in [0.25, 0.3) is 0 Å². The molecule has 1 atom stereocenters. The van der Waals surface area contributed by atoms with Gasteiger partial charge in [-0.2, -0.15) is 0 Å². The van der Waals surface area contributed by atoms with E-state index in [1.165, 1.54) is 0 Å². The van der Waals surface area contributed by atoms with Crippen molar-refractivity contribution in [2.24, 2.45) is 0 Å². The molecular weight excluding hydrogens is 411 g/mol. The maximum Gasteiger partial charge on any atom is 0.264 e. The molecule has 0 bridgehead atoms. The first-order valence-electron chi connectivity index (χ1n) is 10.4. The van der Waals surface area contributed by atoms with Gasteiger partial charge in [-0.3, -0.25) is 29.4 Å². The summed E-state index contributed by atoms with van der Waals surface area (Å²) in [5.41, 5.74) is 2.13. The smallest absolute Gasteiger partial charge is 0.264 e. The summed E-state index contributed by atoms with van der Waals surface area (Å²) in [6, 6.07) is 11.7. The van der Waals surface area contributed by atoms with E-state index in [0.717, 1.165) is 22.8 Å². The molecule has 0 saturated carbocycles. The molecule has 2 aromatic rings. The zero-order valence-electron chi connectivity index (χ0n) is 17.6. The molecule has 0 aromatic heterocycles. The van der Waals surface area contributed by atoms with E-state index in [2.05, 4.69) is 15.9 Å². The Bertz CT molecular complexity index is 1070. The van der Waals surface area contributed by atoms with Crippen LogP contribution in [-0.4, -0.2) is 55.7 Å². The fourth-order valence-corrected chi connectivity index (χ4v) is 3.92. The van der Waals surface area contributed by atoms with Crippen molar-refractivity contribution in [3.05, 3.63) is 59.2 Å². The number of hydrogen-bond acceptors (Lipinski definition) is 7. The third-order valence-corrected chi connectivity index (χ3v) is 5.46. The second-order valence-electron chi connectivity index (χ2n) is 7.62. The molecule has 3 N–H and O–H groups in total. The van der Waals surface area contributed by atoms with Crippen LogP contribution in [0.4, 0.5) is 5.69 Å². The van der Waals surface area contributed by atoms with Crippen LogP contribution >= 0.6 is 0 Å². The molecule has 9 nitrogen and oxygen atoms in total. The van der Waals surface area contributed by atoms with Crippen LogP contribution in [-0.2, 0) is 16.1 Å². The van der Waals surface area contributed by atoms with Gasteiger partial charge in [-0.15, -0.1) is 0 Å². The van der Waals surface area contributed by atoms with Crippen LogP contribution in [0.3, 0.4) is 0 Å². The number of nitrogens with one attached hydrogen (secondary N) is 3. The number of rotatable bonds is 8. The quantitative estimate of drug-likeness (QED) is 0.309. The van der Waals surface area contributed by atoms with E-state index in [4.69, 9.17) is 4.74 Å². The first kappa shape index (κ1) is 21.6. The number of fused-ring (bicyclic) bond motifs is 1. The van der Waals surface area contributed by atoms with Gasteiger partial charge in [0.15, 0.2) is 7.98 Å². The highest BCUT2D eigenvalue weighted by Crippen LogP contribution is 2.32. The molecule has 0 spiro atoms. The Labute approximate surface area is 185 Å². The van der Waals surface area contributed by atoms with Crippen molar-refractivity contribution in [1.29, 1.82) is 0 Å². The fraction of sp³-hybridized carbons (Fsp3) is 0.273. The summed E-state index contributed by atoms with van der Waals surface area (Å²) in [7, 11) is 1.89. The molecule has 0 aliphatic carbocycles. The van der Waals surface area contributed by atoms with Crippen LogP contribution in [0.2, 0.25) is 0 Å². The van der Waals surface area contributed by atoms with Crippen LogP contribution in [0, 0.1) is 0 Å². The Hall–Kier alpha value is -3.66. The normalized spacial score (nSPS) is 17.9. The van der Waals surface area contributed by atoms with Gasteiger partial charge in [0.25, 0.3) is 11.8 Å². The number of imide groups is 2. The first-order chi connectivity index (χ1) is 15.5. The van der Waals surface area contributed by atoms with E-state index in [1.807, 2.05) is 32.2 Å².